The van der Waals surface area contributed by atoms with Gasteiger partial charge < -0.3 is 4.57 Å². The molecule has 0 saturated heterocycles. The van der Waals surface area contributed by atoms with Crippen molar-refractivity contribution in [3.63, 3.8) is 0 Å². The molecule has 1 aromatic carbocycles. The fourth-order valence-electron chi connectivity index (χ4n) is 2.54. The molecule has 0 amide bonds. The van der Waals surface area contributed by atoms with Gasteiger partial charge in [0, 0.05) is 17.3 Å². The highest BCUT2D eigenvalue weighted by Crippen LogP contribution is 2.27. The number of thioether (sulfide) groups is 1. The number of rotatable bonds is 6. The Morgan fingerprint density at radius 3 is 2.69 bits per heavy atom. The van der Waals surface area contributed by atoms with Crippen LogP contribution in [0.25, 0.3) is 10.7 Å². The average Bonchev–Trinajstić information content (AvgIpc) is 3.29. The predicted molar refractivity (Wildman–Crippen MR) is 105 cm³/mol. The van der Waals surface area contributed by atoms with Gasteiger partial charge in [-0.15, -0.1) is 21.5 Å². The number of aryl methyl sites for hydroxylation is 1. The number of hydrogen-bond donors (Lipinski definition) is 0. The average molecular weight is 380 g/mol. The van der Waals surface area contributed by atoms with Crippen molar-refractivity contribution in [2.24, 2.45) is 0 Å². The molecule has 26 heavy (non-hydrogen) atoms. The molecule has 5 nitrogen and oxygen atoms in total. The Balaban J connectivity index is 1.47. The first kappa shape index (κ1) is 16.9. The van der Waals surface area contributed by atoms with Crippen LogP contribution in [0, 0.1) is 6.92 Å². The maximum atomic E-state index is 4.69. The minimum absolute atomic E-state index is 0.760. The second-order valence-electron chi connectivity index (χ2n) is 5.75. The molecule has 130 valence electrons. The standard InChI is InChI=1S/C19H17N5S2/c1-14-22-23-19(24(14)11-15-7-3-2-4-8-15)26-13-16-12-25-18(21-16)17-9-5-6-10-20-17/h2-10,12H,11,13H2,1H3. The molecule has 0 fully saturated rings. The van der Waals surface area contributed by atoms with Crippen molar-refractivity contribution in [2.45, 2.75) is 24.4 Å². The van der Waals surface area contributed by atoms with E-state index in [1.807, 2.05) is 31.2 Å². The lowest BCUT2D eigenvalue weighted by atomic mass is 10.2. The number of aromatic nitrogens is 5. The monoisotopic (exact) mass is 379 g/mol. The number of nitrogens with zero attached hydrogens (tertiary/aromatic N) is 5. The lowest BCUT2D eigenvalue weighted by Gasteiger charge is -2.08. The third-order valence-electron chi connectivity index (χ3n) is 3.87. The van der Waals surface area contributed by atoms with Crippen LogP contribution in [0.4, 0.5) is 0 Å². The van der Waals surface area contributed by atoms with E-state index >= 15 is 0 Å². The molecule has 7 heteroatoms. The van der Waals surface area contributed by atoms with Gasteiger partial charge >= 0.3 is 0 Å². The first-order valence-electron chi connectivity index (χ1n) is 8.22. The van der Waals surface area contributed by atoms with Crippen LogP contribution in [-0.2, 0) is 12.3 Å². The van der Waals surface area contributed by atoms with Gasteiger partial charge in [-0.25, -0.2) is 4.98 Å². The Morgan fingerprint density at radius 1 is 1.04 bits per heavy atom. The normalized spacial score (nSPS) is 11.0. The summed E-state index contributed by atoms with van der Waals surface area (Å²) >= 11 is 3.28. The molecular weight excluding hydrogens is 362 g/mol. The Hall–Kier alpha value is -2.51. The van der Waals surface area contributed by atoms with Gasteiger partial charge in [0.1, 0.15) is 10.8 Å². The molecule has 4 aromatic rings. The van der Waals surface area contributed by atoms with E-state index in [9.17, 15) is 0 Å². The Bertz CT molecular complexity index is 980. The van der Waals surface area contributed by atoms with Crippen molar-refractivity contribution in [3.05, 3.63) is 77.2 Å². The summed E-state index contributed by atoms with van der Waals surface area (Å²) in [4.78, 5) is 9.05. The maximum absolute atomic E-state index is 4.69. The molecule has 3 aromatic heterocycles. The third-order valence-corrected chi connectivity index (χ3v) is 5.78. The lowest BCUT2D eigenvalue weighted by molar-refractivity contribution is 0.688. The molecule has 0 N–H and O–H groups in total. The summed E-state index contributed by atoms with van der Waals surface area (Å²) < 4.78 is 2.14. The van der Waals surface area contributed by atoms with Crippen molar-refractivity contribution in [1.29, 1.82) is 0 Å². The van der Waals surface area contributed by atoms with Gasteiger partial charge in [0.25, 0.3) is 0 Å². The van der Waals surface area contributed by atoms with Crippen molar-refractivity contribution < 1.29 is 0 Å². The highest BCUT2D eigenvalue weighted by atomic mass is 32.2. The van der Waals surface area contributed by atoms with Crippen LogP contribution < -0.4 is 0 Å². The van der Waals surface area contributed by atoms with Gasteiger partial charge in [-0.1, -0.05) is 48.2 Å². The Morgan fingerprint density at radius 2 is 1.88 bits per heavy atom. The predicted octanol–water partition coefficient (Wildman–Crippen LogP) is 4.45. The molecule has 0 aliphatic heterocycles. The topological polar surface area (TPSA) is 56.5 Å². The third kappa shape index (κ3) is 3.84. The minimum Gasteiger partial charge on any atom is -0.302 e. The number of pyridine rings is 1. The zero-order valence-electron chi connectivity index (χ0n) is 14.2. The van der Waals surface area contributed by atoms with Crippen molar-refractivity contribution in [2.75, 3.05) is 0 Å². The molecule has 0 bridgehead atoms. The van der Waals surface area contributed by atoms with Gasteiger partial charge in [0.05, 0.1) is 17.9 Å². The van der Waals surface area contributed by atoms with Crippen LogP contribution in [0.15, 0.2) is 65.3 Å². The molecule has 0 spiro atoms. The van der Waals surface area contributed by atoms with E-state index in [-0.39, 0.29) is 0 Å². The first-order valence-corrected chi connectivity index (χ1v) is 10.1. The zero-order chi connectivity index (χ0) is 17.8. The van der Waals surface area contributed by atoms with E-state index in [4.69, 9.17) is 4.98 Å². The number of thiazole rings is 1. The summed E-state index contributed by atoms with van der Waals surface area (Å²) in [5, 5.41) is 12.5. The molecule has 0 aliphatic rings. The van der Waals surface area contributed by atoms with Gasteiger partial charge in [-0.3, -0.25) is 4.98 Å². The van der Waals surface area contributed by atoms with E-state index in [1.165, 1.54) is 5.56 Å². The van der Waals surface area contributed by atoms with E-state index in [1.54, 1.807) is 29.3 Å². The van der Waals surface area contributed by atoms with Crippen molar-refractivity contribution in [1.82, 2.24) is 24.7 Å². The fourth-order valence-corrected chi connectivity index (χ4v) is 4.31. The maximum Gasteiger partial charge on any atom is 0.191 e. The molecule has 0 atom stereocenters. The zero-order valence-corrected chi connectivity index (χ0v) is 15.9. The second kappa shape index (κ2) is 7.80. The Labute approximate surface area is 160 Å². The smallest absolute Gasteiger partial charge is 0.191 e. The molecule has 0 unspecified atom stereocenters. The molecule has 0 saturated carbocycles. The number of hydrogen-bond acceptors (Lipinski definition) is 6. The van der Waals surface area contributed by atoms with Gasteiger partial charge in [-0.05, 0) is 24.6 Å². The van der Waals surface area contributed by atoms with E-state index < -0.39 is 0 Å². The summed E-state index contributed by atoms with van der Waals surface area (Å²) in [6.07, 6.45) is 1.79. The second-order valence-corrected chi connectivity index (χ2v) is 7.55. The summed E-state index contributed by atoms with van der Waals surface area (Å²) in [6, 6.07) is 16.2. The lowest BCUT2D eigenvalue weighted by Crippen LogP contribution is -2.03. The minimum atomic E-state index is 0.760. The summed E-state index contributed by atoms with van der Waals surface area (Å²) in [7, 11) is 0. The summed E-state index contributed by atoms with van der Waals surface area (Å²) in [6.45, 7) is 2.76. The molecular formula is C19H17N5S2. The van der Waals surface area contributed by atoms with Crippen molar-refractivity contribution in [3.8, 4) is 10.7 Å². The van der Waals surface area contributed by atoms with Gasteiger partial charge in [-0.2, -0.15) is 0 Å². The Kier molecular flexibility index (Phi) is 5.08. The molecule has 4 rings (SSSR count). The van der Waals surface area contributed by atoms with Crippen LogP contribution in [0.5, 0.6) is 0 Å². The van der Waals surface area contributed by atoms with Crippen LogP contribution in [0.2, 0.25) is 0 Å². The van der Waals surface area contributed by atoms with E-state index in [0.29, 0.717) is 0 Å². The van der Waals surface area contributed by atoms with Crippen molar-refractivity contribution >= 4 is 23.1 Å². The molecule has 0 aliphatic carbocycles. The molecule has 0 radical (unpaired) electrons. The van der Waals surface area contributed by atoms with Crippen LogP contribution in [0.1, 0.15) is 17.1 Å². The van der Waals surface area contributed by atoms with E-state index in [2.05, 4.69) is 49.4 Å². The largest absolute Gasteiger partial charge is 0.302 e. The van der Waals surface area contributed by atoms with Gasteiger partial charge in [0.2, 0.25) is 0 Å². The number of benzene rings is 1. The highest BCUT2D eigenvalue weighted by Gasteiger charge is 2.12. The first-order chi connectivity index (χ1) is 12.8. The SMILES string of the molecule is Cc1nnc(SCc2csc(-c3ccccn3)n2)n1Cc1ccccc1. The quantitative estimate of drug-likeness (QED) is 0.463. The van der Waals surface area contributed by atoms with Gasteiger partial charge in [0.15, 0.2) is 5.16 Å². The summed E-state index contributed by atoms with van der Waals surface area (Å²) in [5.41, 5.74) is 3.19. The molecule has 3 heterocycles. The highest BCUT2D eigenvalue weighted by molar-refractivity contribution is 7.98. The summed E-state index contributed by atoms with van der Waals surface area (Å²) in [5.74, 6) is 1.68. The fraction of sp³-hybridized carbons (Fsp3) is 0.158. The van der Waals surface area contributed by atoms with Crippen LogP contribution >= 0.6 is 23.1 Å². The van der Waals surface area contributed by atoms with E-state index in [0.717, 1.165) is 39.7 Å². The van der Waals surface area contributed by atoms with Crippen LogP contribution in [-0.4, -0.2) is 24.7 Å². The van der Waals surface area contributed by atoms with Crippen LogP contribution in [0.3, 0.4) is 0 Å².